The first-order valence-electron chi connectivity index (χ1n) is 8.77. The first kappa shape index (κ1) is 18.5. The van der Waals surface area contributed by atoms with Gasteiger partial charge in [0.2, 0.25) is 5.75 Å². The highest BCUT2D eigenvalue weighted by Gasteiger charge is 2.27. The van der Waals surface area contributed by atoms with E-state index in [1.54, 1.807) is 20.4 Å². The van der Waals surface area contributed by atoms with Gasteiger partial charge in [0.25, 0.3) is 5.91 Å². The average molecular weight is 376 g/mol. The summed E-state index contributed by atoms with van der Waals surface area (Å²) in [4.78, 5) is 19.5. The lowest BCUT2D eigenvalue weighted by molar-refractivity contribution is 0.0589. The minimum atomic E-state index is 0.0249. The minimum absolute atomic E-state index is 0.0249. The van der Waals surface area contributed by atoms with Crippen molar-refractivity contribution in [1.29, 1.82) is 0 Å². The molecule has 26 heavy (non-hydrogen) atoms. The van der Waals surface area contributed by atoms with Crippen LogP contribution < -0.4 is 14.2 Å². The number of aromatic nitrogens is 1. The third-order valence-corrected chi connectivity index (χ3v) is 5.59. The van der Waals surface area contributed by atoms with Crippen LogP contribution in [0, 0.1) is 0 Å². The van der Waals surface area contributed by atoms with Crippen molar-refractivity contribution in [3.8, 4) is 17.2 Å². The molecule has 140 valence electrons. The maximum atomic E-state index is 12.6. The number of hydrogen-bond donors (Lipinski definition) is 0. The van der Waals surface area contributed by atoms with E-state index in [1.165, 1.54) is 11.3 Å². The normalized spacial score (nSPS) is 15.0. The van der Waals surface area contributed by atoms with Gasteiger partial charge in [-0.1, -0.05) is 13.0 Å². The maximum absolute atomic E-state index is 12.6. The molecule has 6 nitrogen and oxygen atoms in total. The van der Waals surface area contributed by atoms with Crippen molar-refractivity contribution >= 4 is 17.2 Å². The number of likely N-dealkylation sites (tertiary alicyclic amines) is 1. The molecule has 0 atom stereocenters. The van der Waals surface area contributed by atoms with Crippen molar-refractivity contribution in [3.05, 3.63) is 34.3 Å². The number of methoxy groups -OCH3 is 2. The van der Waals surface area contributed by atoms with E-state index in [2.05, 4.69) is 4.98 Å². The molecular formula is C19H24N2O4S. The van der Waals surface area contributed by atoms with Gasteiger partial charge in [-0.05, 0) is 18.6 Å². The third kappa shape index (κ3) is 3.93. The molecule has 1 aliphatic rings. The molecule has 2 aromatic rings. The van der Waals surface area contributed by atoms with Crippen molar-refractivity contribution in [2.24, 2.45) is 0 Å². The number of ether oxygens (including phenoxy) is 3. The van der Waals surface area contributed by atoms with Crippen molar-refractivity contribution in [3.63, 3.8) is 0 Å². The Morgan fingerprint density at radius 1 is 1.23 bits per heavy atom. The van der Waals surface area contributed by atoms with Crippen LogP contribution in [0.25, 0.3) is 0 Å². The summed E-state index contributed by atoms with van der Waals surface area (Å²) in [6.45, 7) is 3.38. The highest BCUT2D eigenvalue weighted by molar-refractivity contribution is 7.13. The number of rotatable bonds is 6. The van der Waals surface area contributed by atoms with Gasteiger partial charge >= 0.3 is 0 Å². The van der Waals surface area contributed by atoms with E-state index in [0.29, 0.717) is 35.2 Å². The number of aryl methyl sites for hydroxylation is 1. The van der Waals surface area contributed by atoms with Gasteiger partial charge in [0.05, 0.1) is 25.4 Å². The molecule has 1 saturated heterocycles. The molecule has 0 bridgehead atoms. The van der Waals surface area contributed by atoms with Crippen molar-refractivity contribution in [1.82, 2.24) is 9.88 Å². The number of thiazole rings is 1. The number of para-hydroxylation sites is 1. The van der Waals surface area contributed by atoms with E-state index < -0.39 is 0 Å². The number of hydrogen-bond acceptors (Lipinski definition) is 6. The molecule has 0 unspecified atom stereocenters. The maximum Gasteiger partial charge on any atom is 0.265 e. The first-order valence-corrected chi connectivity index (χ1v) is 9.59. The molecule has 3 rings (SSSR count). The summed E-state index contributed by atoms with van der Waals surface area (Å²) in [5.74, 6) is 1.99. The highest BCUT2D eigenvalue weighted by atomic mass is 32.1. The second-order valence-electron chi connectivity index (χ2n) is 6.07. The summed E-state index contributed by atoms with van der Waals surface area (Å²) < 4.78 is 16.9. The van der Waals surface area contributed by atoms with Gasteiger partial charge in [-0.15, -0.1) is 11.3 Å². The molecule has 0 spiro atoms. The molecule has 1 aliphatic heterocycles. The van der Waals surface area contributed by atoms with Crippen LogP contribution >= 0.6 is 11.3 Å². The minimum Gasteiger partial charge on any atom is -0.493 e. The number of carbonyl (C=O) groups is 1. The van der Waals surface area contributed by atoms with Gasteiger partial charge in [-0.25, -0.2) is 4.98 Å². The van der Waals surface area contributed by atoms with Crippen LogP contribution in [0.15, 0.2) is 24.4 Å². The number of nitrogens with zero attached hydrogens (tertiary/aromatic N) is 2. The third-order valence-electron chi connectivity index (χ3n) is 4.46. The Hall–Kier alpha value is -2.28. The number of piperidine rings is 1. The Morgan fingerprint density at radius 2 is 1.88 bits per heavy atom. The number of amides is 1. The Labute approximate surface area is 157 Å². The SMILES string of the molecule is CCc1ncc(C(=O)N2CCC(Oc3c(OC)cccc3OC)CC2)s1. The fourth-order valence-electron chi connectivity index (χ4n) is 3.01. The molecule has 1 amide bonds. The molecule has 7 heteroatoms. The Bertz CT molecular complexity index is 731. The average Bonchev–Trinajstić information content (AvgIpc) is 3.17. The van der Waals surface area contributed by atoms with Gasteiger partial charge in [0, 0.05) is 25.9 Å². The zero-order valence-electron chi connectivity index (χ0n) is 15.4. The topological polar surface area (TPSA) is 60.9 Å². The second kappa shape index (κ2) is 8.40. The summed E-state index contributed by atoms with van der Waals surface area (Å²) in [6, 6.07) is 5.57. The molecule has 1 aromatic carbocycles. The second-order valence-corrected chi connectivity index (χ2v) is 7.19. The summed E-state index contributed by atoms with van der Waals surface area (Å²) in [5.41, 5.74) is 0. The van der Waals surface area contributed by atoms with E-state index >= 15 is 0 Å². The molecule has 0 aliphatic carbocycles. The number of benzene rings is 1. The van der Waals surface area contributed by atoms with Gasteiger partial charge < -0.3 is 19.1 Å². The fourth-order valence-corrected chi connectivity index (χ4v) is 3.83. The molecule has 1 aromatic heterocycles. The van der Waals surface area contributed by atoms with Gasteiger partial charge in [-0.3, -0.25) is 4.79 Å². The Balaban J connectivity index is 1.61. The van der Waals surface area contributed by atoms with Crippen LogP contribution in [-0.2, 0) is 6.42 Å². The molecule has 0 N–H and O–H groups in total. The van der Waals surface area contributed by atoms with Crippen LogP contribution in [0.1, 0.15) is 34.4 Å². The molecule has 0 radical (unpaired) electrons. The lowest BCUT2D eigenvalue weighted by Gasteiger charge is -2.32. The van der Waals surface area contributed by atoms with Gasteiger partial charge in [-0.2, -0.15) is 0 Å². The first-order chi connectivity index (χ1) is 12.7. The zero-order valence-corrected chi connectivity index (χ0v) is 16.2. The largest absolute Gasteiger partial charge is 0.493 e. The predicted octanol–water partition coefficient (Wildman–Crippen LogP) is 3.41. The van der Waals surface area contributed by atoms with Crippen LogP contribution in [0.3, 0.4) is 0 Å². The molecule has 1 fully saturated rings. The fraction of sp³-hybridized carbons (Fsp3) is 0.474. The van der Waals surface area contributed by atoms with Gasteiger partial charge in [0.15, 0.2) is 11.5 Å². The summed E-state index contributed by atoms with van der Waals surface area (Å²) in [7, 11) is 3.23. The summed E-state index contributed by atoms with van der Waals surface area (Å²) in [5, 5.41) is 0.995. The Kier molecular flexibility index (Phi) is 5.98. The van der Waals surface area contributed by atoms with E-state index in [4.69, 9.17) is 14.2 Å². The summed E-state index contributed by atoms with van der Waals surface area (Å²) in [6.07, 6.45) is 4.11. The van der Waals surface area contributed by atoms with Crippen molar-refractivity contribution in [2.75, 3.05) is 27.3 Å². The van der Waals surface area contributed by atoms with E-state index in [-0.39, 0.29) is 12.0 Å². The number of carbonyl (C=O) groups excluding carboxylic acids is 1. The van der Waals surface area contributed by atoms with Crippen LogP contribution in [-0.4, -0.2) is 49.2 Å². The van der Waals surface area contributed by atoms with E-state index in [0.717, 1.165) is 24.3 Å². The predicted molar refractivity (Wildman–Crippen MR) is 101 cm³/mol. The van der Waals surface area contributed by atoms with Crippen LogP contribution in [0.5, 0.6) is 17.2 Å². The monoisotopic (exact) mass is 376 g/mol. The standard InChI is InChI=1S/C19H24N2O4S/c1-4-17-20-12-16(26-17)19(22)21-10-8-13(9-11-21)25-18-14(23-2)6-5-7-15(18)24-3/h5-7,12-13H,4,8-11H2,1-3H3. The van der Waals surface area contributed by atoms with Crippen LogP contribution in [0.2, 0.25) is 0 Å². The molecule has 2 heterocycles. The Morgan fingerprint density at radius 3 is 2.42 bits per heavy atom. The highest BCUT2D eigenvalue weighted by Crippen LogP contribution is 2.38. The van der Waals surface area contributed by atoms with Crippen molar-refractivity contribution in [2.45, 2.75) is 32.3 Å². The van der Waals surface area contributed by atoms with E-state index in [9.17, 15) is 4.79 Å². The molecular weight excluding hydrogens is 352 g/mol. The summed E-state index contributed by atoms with van der Waals surface area (Å²) >= 11 is 1.48. The lowest BCUT2D eigenvalue weighted by atomic mass is 10.1. The van der Waals surface area contributed by atoms with E-state index in [1.807, 2.05) is 30.0 Å². The smallest absolute Gasteiger partial charge is 0.265 e. The quantitative estimate of drug-likeness (QED) is 0.773. The zero-order chi connectivity index (χ0) is 18.5. The van der Waals surface area contributed by atoms with Crippen molar-refractivity contribution < 1.29 is 19.0 Å². The van der Waals surface area contributed by atoms with Gasteiger partial charge in [0.1, 0.15) is 11.0 Å². The lowest BCUT2D eigenvalue weighted by Crippen LogP contribution is -2.41. The van der Waals surface area contributed by atoms with Crippen LogP contribution in [0.4, 0.5) is 0 Å². The molecule has 0 saturated carbocycles.